The lowest BCUT2D eigenvalue weighted by Crippen LogP contribution is -2.34. The number of carbonyl (C=O) groups excluding carboxylic acids is 1. The maximum absolute atomic E-state index is 15.3. The number of nitrogens with one attached hydrogen (secondary N) is 3. The number of anilines is 1. The van der Waals surface area contributed by atoms with Gasteiger partial charge in [-0.05, 0) is 38.7 Å². The van der Waals surface area contributed by atoms with Crippen LogP contribution in [-0.4, -0.2) is 53.1 Å². The number of benzene rings is 2. The van der Waals surface area contributed by atoms with Crippen LogP contribution >= 0.6 is 0 Å². The third-order valence-electron chi connectivity index (χ3n) is 5.22. The van der Waals surface area contributed by atoms with Gasteiger partial charge in [-0.15, -0.1) is 0 Å². The molecule has 2 aromatic carbocycles. The molecular formula is C24H25FN6O. The number of hydrogen-bond acceptors (Lipinski definition) is 4. The Labute approximate surface area is 185 Å². The molecule has 4 rings (SSSR count). The smallest absolute Gasteiger partial charge is 0.319 e. The first-order valence-electron chi connectivity index (χ1n) is 10.3. The molecule has 7 nitrogen and oxygen atoms in total. The molecule has 164 valence electrons. The van der Waals surface area contributed by atoms with Crippen LogP contribution in [0.25, 0.3) is 33.4 Å². The number of amides is 2. The lowest BCUT2D eigenvalue weighted by atomic mass is 9.99. The number of carbonyl (C=O) groups is 1. The van der Waals surface area contributed by atoms with Crippen molar-refractivity contribution in [2.75, 3.05) is 32.5 Å². The van der Waals surface area contributed by atoms with Gasteiger partial charge in [-0.25, -0.2) is 19.2 Å². The standard InChI is InChI=1S/C24H25FN6O/c1-15-13-27-23-21(15)22(28-14-29-23)16-8-9-17(19(25)12-16)18-6-4-5-7-20(18)30-24(32)26-10-11-31(2)3/h4-9,12-14H,10-11H2,1-3H3,(H2,26,30,32)(H,27,28,29). The molecule has 0 aliphatic carbocycles. The second-order valence-corrected chi connectivity index (χ2v) is 7.84. The first kappa shape index (κ1) is 21.5. The van der Waals surface area contributed by atoms with Gasteiger partial charge in [0.1, 0.15) is 17.8 Å². The molecule has 0 radical (unpaired) electrons. The zero-order valence-corrected chi connectivity index (χ0v) is 18.2. The van der Waals surface area contributed by atoms with Crippen molar-refractivity contribution in [3.63, 3.8) is 0 Å². The SMILES string of the molecule is Cc1c[nH]c2ncnc(-c3ccc(-c4ccccc4NC(=O)NCCN(C)C)c(F)c3)c12. The highest BCUT2D eigenvalue weighted by atomic mass is 19.1. The van der Waals surface area contributed by atoms with Crippen molar-refractivity contribution < 1.29 is 9.18 Å². The van der Waals surface area contributed by atoms with Crippen LogP contribution in [0.4, 0.5) is 14.9 Å². The van der Waals surface area contributed by atoms with E-state index in [0.717, 1.165) is 17.5 Å². The minimum absolute atomic E-state index is 0.331. The number of fused-ring (bicyclic) bond motifs is 1. The number of rotatable bonds is 6. The molecule has 0 atom stereocenters. The molecule has 0 unspecified atom stereocenters. The molecule has 4 aromatic rings. The number of aromatic nitrogens is 3. The molecule has 32 heavy (non-hydrogen) atoms. The predicted molar refractivity (Wildman–Crippen MR) is 125 cm³/mol. The van der Waals surface area contributed by atoms with Gasteiger partial charge in [0.05, 0.1) is 11.4 Å². The molecular weight excluding hydrogens is 407 g/mol. The second kappa shape index (κ2) is 9.15. The maximum atomic E-state index is 15.3. The van der Waals surface area contributed by atoms with Crippen molar-refractivity contribution in [1.29, 1.82) is 0 Å². The highest BCUT2D eigenvalue weighted by Gasteiger charge is 2.15. The van der Waals surface area contributed by atoms with E-state index in [-0.39, 0.29) is 6.03 Å². The van der Waals surface area contributed by atoms with E-state index in [4.69, 9.17) is 0 Å². The van der Waals surface area contributed by atoms with E-state index in [0.29, 0.717) is 40.3 Å². The van der Waals surface area contributed by atoms with E-state index in [1.54, 1.807) is 24.3 Å². The van der Waals surface area contributed by atoms with Gasteiger partial charge in [0.15, 0.2) is 0 Å². The fraction of sp³-hybridized carbons (Fsp3) is 0.208. The van der Waals surface area contributed by atoms with Crippen molar-refractivity contribution in [2.45, 2.75) is 6.92 Å². The van der Waals surface area contributed by atoms with Crippen molar-refractivity contribution in [2.24, 2.45) is 0 Å². The normalized spacial score (nSPS) is 11.2. The summed E-state index contributed by atoms with van der Waals surface area (Å²) in [7, 11) is 3.87. The van der Waals surface area contributed by atoms with Crippen LogP contribution in [-0.2, 0) is 0 Å². The fourth-order valence-corrected chi connectivity index (χ4v) is 3.60. The van der Waals surface area contributed by atoms with Crippen molar-refractivity contribution in [1.82, 2.24) is 25.2 Å². The fourth-order valence-electron chi connectivity index (χ4n) is 3.60. The molecule has 2 heterocycles. The molecule has 0 saturated carbocycles. The van der Waals surface area contributed by atoms with Crippen LogP contribution in [0.3, 0.4) is 0 Å². The summed E-state index contributed by atoms with van der Waals surface area (Å²) < 4.78 is 15.3. The van der Waals surface area contributed by atoms with Crippen molar-refractivity contribution in [3.8, 4) is 22.4 Å². The van der Waals surface area contributed by atoms with Gasteiger partial charge in [-0.1, -0.05) is 30.3 Å². The van der Waals surface area contributed by atoms with E-state index >= 15 is 4.39 Å². The minimum Gasteiger partial charge on any atom is -0.346 e. The number of para-hydroxylation sites is 1. The quantitative estimate of drug-likeness (QED) is 0.421. The summed E-state index contributed by atoms with van der Waals surface area (Å²) in [4.78, 5) is 26.0. The first-order chi connectivity index (χ1) is 15.4. The van der Waals surface area contributed by atoms with Gasteiger partial charge in [0.2, 0.25) is 0 Å². The number of aryl methyl sites for hydroxylation is 1. The van der Waals surface area contributed by atoms with Gasteiger partial charge in [-0.2, -0.15) is 0 Å². The Morgan fingerprint density at radius 1 is 1.12 bits per heavy atom. The van der Waals surface area contributed by atoms with Crippen molar-refractivity contribution in [3.05, 3.63) is 66.4 Å². The Morgan fingerprint density at radius 2 is 1.94 bits per heavy atom. The Morgan fingerprint density at radius 3 is 2.72 bits per heavy atom. The zero-order valence-electron chi connectivity index (χ0n) is 18.2. The van der Waals surface area contributed by atoms with Crippen molar-refractivity contribution >= 4 is 22.8 Å². The molecule has 2 amide bonds. The molecule has 2 aromatic heterocycles. The van der Waals surface area contributed by atoms with E-state index in [9.17, 15) is 4.79 Å². The van der Waals surface area contributed by atoms with Gasteiger partial charge in [-0.3, -0.25) is 0 Å². The summed E-state index contributed by atoms with van der Waals surface area (Å²) in [5, 5.41) is 6.50. The average Bonchev–Trinajstić information content (AvgIpc) is 3.15. The minimum atomic E-state index is -0.398. The lowest BCUT2D eigenvalue weighted by molar-refractivity contribution is 0.250. The molecule has 0 aliphatic rings. The summed E-state index contributed by atoms with van der Waals surface area (Å²) in [5.41, 5.74) is 4.58. The molecule has 0 saturated heterocycles. The van der Waals surface area contributed by atoms with Crippen LogP contribution in [0.5, 0.6) is 0 Å². The number of H-pyrrole nitrogens is 1. The van der Waals surface area contributed by atoms with Gasteiger partial charge in [0.25, 0.3) is 0 Å². The third kappa shape index (κ3) is 4.45. The van der Waals surface area contributed by atoms with Crippen LogP contribution < -0.4 is 10.6 Å². The number of hydrogen-bond donors (Lipinski definition) is 3. The molecule has 3 N–H and O–H groups in total. The average molecular weight is 433 g/mol. The highest BCUT2D eigenvalue weighted by Crippen LogP contribution is 2.34. The molecule has 0 aliphatic heterocycles. The van der Waals surface area contributed by atoms with E-state index in [1.807, 2.05) is 44.2 Å². The Bertz CT molecular complexity index is 1270. The Hall–Kier alpha value is -3.78. The summed E-state index contributed by atoms with van der Waals surface area (Å²) >= 11 is 0. The van der Waals surface area contributed by atoms with Gasteiger partial charge < -0.3 is 20.5 Å². The van der Waals surface area contributed by atoms with Crippen LogP contribution in [0.15, 0.2) is 55.0 Å². The van der Waals surface area contributed by atoms with E-state index in [1.165, 1.54) is 12.4 Å². The largest absolute Gasteiger partial charge is 0.346 e. The summed E-state index contributed by atoms with van der Waals surface area (Å²) in [6.45, 7) is 3.19. The lowest BCUT2D eigenvalue weighted by Gasteiger charge is -2.14. The number of urea groups is 1. The van der Waals surface area contributed by atoms with Crippen LogP contribution in [0.1, 0.15) is 5.56 Å². The molecule has 0 bridgehead atoms. The molecule has 0 spiro atoms. The summed E-state index contributed by atoms with van der Waals surface area (Å²) in [5.74, 6) is -0.398. The van der Waals surface area contributed by atoms with Gasteiger partial charge in [0, 0.05) is 41.4 Å². The number of likely N-dealkylation sites (N-methyl/N-ethyl adjacent to an activating group) is 1. The Kier molecular flexibility index (Phi) is 6.13. The number of nitrogens with zero attached hydrogens (tertiary/aromatic N) is 3. The van der Waals surface area contributed by atoms with Crippen LogP contribution in [0, 0.1) is 12.7 Å². The van der Waals surface area contributed by atoms with E-state index in [2.05, 4.69) is 25.6 Å². The summed E-state index contributed by atoms with van der Waals surface area (Å²) in [6.07, 6.45) is 3.33. The topological polar surface area (TPSA) is 85.9 Å². The second-order valence-electron chi connectivity index (χ2n) is 7.84. The third-order valence-corrected chi connectivity index (χ3v) is 5.22. The van der Waals surface area contributed by atoms with Crippen LogP contribution in [0.2, 0.25) is 0 Å². The number of halogens is 1. The summed E-state index contributed by atoms with van der Waals surface area (Å²) in [6, 6.07) is 11.8. The highest BCUT2D eigenvalue weighted by molar-refractivity contribution is 5.96. The first-order valence-corrected chi connectivity index (χ1v) is 10.3. The molecule has 8 heteroatoms. The zero-order chi connectivity index (χ0) is 22.7. The predicted octanol–water partition coefficient (Wildman–Crippen LogP) is 4.42. The number of aromatic amines is 1. The monoisotopic (exact) mass is 432 g/mol. The van der Waals surface area contributed by atoms with Gasteiger partial charge >= 0.3 is 6.03 Å². The Balaban J connectivity index is 1.63. The van der Waals surface area contributed by atoms with E-state index < -0.39 is 5.82 Å². The maximum Gasteiger partial charge on any atom is 0.319 e. The molecule has 0 fully saturated rings.